The van der Waals surface area contributed by atoms with E-state index in [4.69, 9.17) is 9.15 Å². The third kappa shape index (κ3) is 6.25. The van der Waals surface area contributed by atoms with Gasteiger partial charge in [0.2, 0.25) is 5.91 Å². The SMILES string of the molecule is CCN(CC)C(=O)c1ccc(Nc2nc3cccc(-c4ccc(CC(=O)N5CCS(=O)(=O)CC5)cc4)c3o2)cc1OC. The number of benzene rings is 3. The van der Waals surface area contributed by atoms with Gasteiger partial charge in [-0.15, -0.1) is 0 Å². The van der Waals surface area contributed by atoms with Crippen LogP contribution in [0.1, 0.15) is 29.8 Å². The predicted molar refractivity (Wildman–Crippen MR) is 162 cm³/mol. The average molecular weight is 591 g/mol. The van der Waals surface area contributed by atoms with Crippen LogP contribution in [0.3, 0.4) is 0 Å². The van der Waals surface area contributed by atoms with Gasteiger partial charge in [-0.05, 0) is 43.2 Å². The van der Waals surface area contributed by atoms with Crippen molar-refractivity contribution in [1.82, 2.24) is 14.8 Å². The van der Waals surface area contributed by atoms with Gasteiger partial charge in [-0.1, -0.05) is 36.4 Å². The molecule has 5 rings (SSSR count). The van der Waals surface area contributed by atoms with Crippen molar-refractivity contribution in [3.05, 3.63) is 71.8 Å². The highest BCUT2D eigenvalue weighted by atomic mass is 32.2. The van der Waals surface area contributed by atoms with Crippen molar-refractivity contribution in [2.75, 3.05) is 50.1 Å². The van der Waals surface area contributed by atoms with Crippen molar-refractivity contribution in [2.24, 2.45) is 0 Å². The van der Waals surface area contributed by atoms with Crippen LogP contribution in [-0.4, -0.2) is 79.8 Å². The van der Waals surface area contributed by atoms with Crippen LogP contribution in [0.2, 0.25) is 0 Å². The number of hydrogen-bond donors (Lipinski definition) is 1. The summed E-state index contributed by atoms with van der Waals surface area (Å²) in [5.41, 5.74) is 5.04. The molecule has 10 nitrogen and oxygen atoms in total. The van der Waals surface area contributed by atoms with Gasteiger partial charge in [0, 0.05) is 43.5 Å². The highest BCUT2D eigenvalue weighted by Crippen LogP contribution is 2.33. The summed E-state index contributed by atoms with van der Waals surface area (Å²) in [6.07, 6.45) is 0.212. The molecule has 2 amide bonds. The molecule has 0 unspecified atom stereocenters. The van der Waals surface area contributed by atoms with Crippen molar-refractivity contribution in [3.63, 3.8) is 0 Å². The predicted octanol–water partition coefficient (Wildman–Crippen LogP) is 4.53. The smallest absolute Gasteiger partial charge is 0.300 e. The quantitative estimate of drug-likeness (QED) is 0.302. The number of fused-ring (bicyclic) bond motifs is 1. The van der Waals surface area contributed by atoms with Crippen molar-refractivity contribution >= 4 is 44.5 Å². The summed E-state index contributed by atoms with van der Waals surface area (Å²) in [5.74, 6) is 0.327. The molecule has 0 aliphatic carbocycles. The van der Waals surface area contributed by atoms with Gasteiger partial charge in [0.25, 0.3) is 11.9 Å². The number of sulfone groups is 1. The van der Waals surface area contributed by atoms with Gasteiger partial charge in [0.15, 0.2) is 15.4 Å². The third-order valence-corrected chi connectivity index (χ3v) is 9.08. The second kappa shape index (κ2) is 12.2. The van der Waals surface area contributed by atoms with Gasteiger partial charge in [-0.25, -0.2) is 8.42 Å². The lowest BCUT2D eigenvalue weighted by atomic mass is 10.0. The molecule has 1 aromatic heterocycles. The van der Waals surface area contributed by atoms with Crippen LogP contribution in [0.15, 0.2) is 65.1 Å². The van der Waals surface area contributed by atoms with E-state index >= 15 is 0 Å². The number of methoxy groups -OCH3 is 1. The zero-order valence-corrected chi connectivity index (χ0v) is 24.7. The maximum Gasteiger partial charge on any atom is 0.300 e. The number of amides is 2. The van der Waals surface area contributed by atoms with Gasteiger partial charge in [0.1, 0.15) is 11.3 Å². The normalized spacial score (nSPS) is 14.5. The first kappa shape index (κ1) is 29.1. The van der Waals surface area contributed by atoms with E-state index in [9.17, 15) is 18.0 Å². The summed E-state index contributed by atoms with van der Waals surface area (Å²) in [7, 11) is -1.50. The molecule has 4 aromatic rings. The molecule has 1 fully saturated rings. The van der Waals surface area contributed by atoms with E-state index in [-0.39, 0.29) is 42.8 Å². The number of carbonyl (C=O) groups is 2. The van der Waals surface area contributed by atoms with Crippen LogP contribution in [0, 0.1) is 0 Å². The van der Waals surface area contributed by atoms with Crippen LogP contribution in [-0.2, 0) is 21.1 Å². The monoisotopic (exact) mass is 590 g/mol. The standard InChI is InChI=1S/C31H34N4O6S/c1-4-34(5-2)30(37)25-14-13-23(20-27(25)40-3)32-31-33-26-8-6-7-24(29(26)41-31)22-11-9-21(10-12-22)19-28(36)35-15-17-42(38,39)18-16-35/h6-14,20H,4-5,15-19H2,1-3H3,(H,32,33). The molecule has 220 valence electrons. The molecule has 0 spiro atoms. The maximum atomic E-state index is 12.9. The second-order valence-corrected chi connectivity index (χ2v) is 12.4. The summed E-state index contributed by atoms with van der Waals surface area (Å²) in [5, 5.41) is 3.17. The Morgan fingerprint density at radius 2 is 1.74 bits per heavy atom. The minimum Gasteiger partial charge on any atom is -0.496 e. The Morgan fingerprint density at radius 1 is 1.02 bits per heavy atom. The van der Waals surface area contributed by atoms with Gasteiger partial charge in [-0.2, -0.15) is 4.98 Å². The van der Waals surface area contributed by atoms with E-state index in [2.05, 4.69) is 10.3 Å². The van der Waals surface area contributed by atoms with Crippen LogP contribution in [0.5, 0.6) is 5.75 Å². The Labute approximate surface area is 245 Å². The highest BCUT2D eigenvalue weighted by Gasteiger charge is 2.25. The molecular formula is C31H34N4O6S. The molecular weight excluding hydrogens is 556 g/mol. The lowest BCUT2D eigenvalue weighted by Crippen LogP contribution is -2.44. The van der Waals surface area contributed by atoms with Crippen molar-refractivity contribution < 1.29 is 27.2 Å². The number of anilines is 2. The zero-order chi connectivity index (χ0) is 29.9. The second-order valence-electron chi connectivity index (χ2n) is 10.1. The van der Waals surface area contributed by atoms with E-state index in [1.165, 1.54) is 7.11 Å². The molecule has 0 bridgehead atoms. The van der Waals surface area contributed by atoms with E-state index in [1.54, 1.807) is 28.0 Å². The first-order chi connectivity index (χ1) is 20.2. The number of oxazole rings is 1. The summed E-state index contributed by atoms with van der Waals surface area (Å²) < 4.78 is 35.0. The fraction of sp³-hybridized carbons (Fsp3) is 0.323. The number of para-hydroxylation sites is 1. The fourth-order valence-corrected chi connectivity index (χ4v) is 6.23. The lowest BCUT2D eigenvalue weighted by Gasteiger charge is -2.26. The lowest BCUT2D eigenvalue weighted by molar-refractivity contribution is -0.130. The number of carbonyl (C=O) groups excluding carboxylic acids is 2. The zero-order valence-electron chi connectivity index (χ0n) is 23.9. The molecule has 1 N–H and O–H groups in total. The Morgan fingerprint density at radius 3 is 2.40 bits per heavy atom. The Balaban J connectivity index is 1.32. The molecule has 2 heterocycles. The summed E-state index contributed by atoms with van der Waals surface area (Å²) >= 11 is 0. The van der Waals surface area contributed by atoms with Gasteiger partial charge in [-0.3, -0.25) is 9.59 Å². The first-order valence-corrected chi connectivity index (χ1v) is 15.7. The number of rotatable bonds is 9. The number of hydrogen-bond acceptors (Lipinski definition) is 8. The molecule has 42 heavy (non-hydrogen) atoms. The molecule has 1 aliphatic rings. The van der Waals surface area contributed by atoms with Crippen LogP contribution < -0.4 is 10.1 Å². The first-order valence-electron chi connectivity index (χ1n) is 13.9. The number of nitrogens with one attached hydrogen (secondary N) is 1. The van der Waals surface area contributed by atoms with Crippen LogP contribution in [0.4, 0.5) is 11.7 Å². The fourth-order valence-electron chi connectivity index (χ4n) is 5.03. The Bertz CT molecular complexity index is 1700. The summed E-state index contributed by atoms with van der Waals surface area (Å²) in [4.78, 5) is 33.5. The summed E-state index contributed by atoms with van der Waals surface area (Å²) in [6, 6.07) is 19.0. The minimum absolute atomic E-state index is 0.0187. The summed E-state index contributed by atoms with van der Waals surface area (Å²) in [6.45, 7) is 5.58. The Kier molecular flexibility index (Phi) is 8.49. The Hall–Kier alpha value is -4.38. The molecule has 0 saturated carbocycles. The maximum absolute atomic E-state index is 12.9. The molecule has 0 atom stereocenters. The van der Waals surface area contributed by atoms with Crippen molar-refractivity contribution in [2.45, 2.75) is 20.3 Å². The van der Waals surface area contributed by atoms with E-state index in [0.29, 0.717) is 47.2 Å². The van der Waals surface area contributed by atoms with Gasteiger partial charge in [0.05, 0.1) is 30.6 Å². The highest BCUT2D eigenvalue weighted by molar-refractivity contribution is 7.91. The van der Waals surface area contributed by atoms with Crippen LogP contribution in [0.25, 0.3) is 22.2 Å². The molecule has 0 radical (unpaired) electrons. The average Bonchev–Trinajstić information content (AvgIpc) is 3.40. The third-order valence-electron chi connectivity index (χ3n) is 7.47. The molecule has 1 aliphatic heterocycles. The molecule has 11 heteroatoms. The number of aromatic nitrogens is 1. The topological polar surface area (TPSA) is 122 Å². The van der Waals surface area contributed by atoms with Gasteiger partial charge >= 0.3 is 0 Å². The number of nitrogens with zero attached hydrogens (tertiary/aromatic N) is 3. The van der Waals surface area contributed by atoms with Crippen LogP contribution >= 0.6 is 0 Å². The van der Waals surface area contributed by atoms with Gasteiger partial charge < -0.3 is 24.3 Å². The minimum atomic E-state index is -3.04. The molecule has 1 saturated heterocycles. The van der Waals surface area contributed by atoms with E-state index in [1.807, 2.05) is 56.3 Å². The van der Waals surface area contributed by atoms with E-state index < -0.39 is 9.84 Å². The number of ether oxygens (including phenoxy) is 1. The van der Waals surface area contributed by atoms with Crippen molar-refractivity contribution in [1.29, 1.82) is 0 Å². The van der Waals surface area contributed by atoms with Crippen molar-refractivity contribution in [3.8, 4) is 16.9 Å². The molecule has 3 aromatic carbocycles. The largest absolute Gasteiger partial charge is 0.496 e. The van der Waals surface area contributed by atoms with E-state index in [0.717, 1.165) is 16.7 Å².